The summed E-state index contributed by atoms with van der Waals surface area (Å²) in [6, 6.07) is 12.6. The first kappa shape index (κ1) is 21.9. The first-order valence-electron chi connectivity index (χ1n) is 13.2. The van der Waals surface area contributed by atoms with Crippen molar-refractivity contribution in [1.29, 1.82) is 0 Å². The van der Waals surface area contributed by atoms with Crippen molar-refractivity contribution in [3.8, 4) is 17.0 Å². The van der Waals surface area contributed by atoms with Crippen molar-refractivity contribution < 1.29 is 13.6 Å². The Morgan fingerprint density at radius 2 is 2.00 bits per heavy atom. The Hall–Kier alpha value is -4.37. The lowest BCUT2D eigenvalue weighted by Crippen LogP contribution is -2.29. The molecule has 2 heterocycles. The molecule has 0 radical (unpaired) electrons. The Kier molecular flexibility index (Phi) is 6.58. The Labute approximate surface area is 221 Å². The number of hydrogen-bond acceptors (Lipinski definition) is 7. The zero-order valence-corrected chi connectivity index (χ0v) is 21.4. The van der Waals surface area contributed by atoms with Gasteiger partial charge in [-0.3, -0.25) is 4.79 Å². The van der Waals surface area contributed by atoms with Crippen LogP contribution in [-0.2, 0) is 11.8 Å². The second-order valence-electron chi connectivity index (χ2n) is 8.81. The lowest BCUT2D eigenvalue weighted by molar-refractivity contribution is -0.111. The van der Waals surface area contributed by atoms with Gasteiger partial charge >= 0.3 is 0 Å². The predicted molar refractivity (Wildman–Crippen MR) is 151 cm³/mol. The van der Waals surface area contributed by atoms with Gasteiger partial charge < -0.3 is 29.7 Å². The fourth-order valence-electron chi connectivity index (χ4n) is 3.98. The van der Waals surface area contributed by atoms with Crippen LogP contribution in [0.25, 0.3) is 22.2 Å². The highest BCUT2D eigenvalue weighted by molar-refractivity contribution is 6.02. The van der Waals surface area contributed by atoms with E-state index in [0.717, 1.165) is 24.2 Å². The monoisotopic (exact) mass is 502 g/mol. The van der Waals surface area contributed by atoms with Crippen LogP contribution < -0.4 is 20.3 Å². The van der Waals surface area contributed by atoms with Gasteiger partial charge in [-0.25, -0.2) is 9.97 Å². The normalized spacial score (nSPS) is 12.5. The van der Waals surface area contributed by atoms with Crippen molar-refractivity contribution in [2.75, 3.05) is 56.9 Å². The molecule has 0 atom stereocenters. The van der Waals surface area contributed by atoms with Crippen LogP contribution in [-0.4, -0.2) is 66.7 Å². The quantitative estimate of drug-likeness (QED) is 0.309. The van der Waals surface area contributed by atoms with Crippen LogP contribution >= 0.6 is 0 Å². The highest BCUT2D eigenvalue weighted by Crippen LogP contribution is 2.38. The number of nitrogens with one attached hydrogen (secondary N) is 2. The van der Waals surface area contributed by atoms with E-state index < -0.39 is 6.98 Å². The number of methoxy groups -OCH3 is 1. The van der Waals surface area contributed by atoms with Gasteiger partial charge in [0, 0.05) is 66.2 Å². The molecule has 37 heavy (non-hydrogen) atoms. The van der Waals surface area contributed by atoms with Gasteiger partial charge in [-0.15, -0.1) is 0 Å². The smallest absolute Gasteiger partial charge is 0.247 e. The van der Waals surface area contributed by atoms with Gasteiger partial charge in [-0.2, -0.15) is 0 Å². The zero-order valence-electron chi connectivity index (χ0n) is 24.4. The highest BCUT2D eigenvalue weighted by Gasteiger charge is 2.17. The molecule has 2 aromatic heterocycles. The number of amides is 1. The number of fused-ring (bicyclic) bond motifs is 1. The van der Waals surface area contributed by atoms with Gasteiger partial charge in [-0.1, -0.05) is 24.8 Å². The third kappa shape index (κ3) is 5.73. The van der Waals surface area contributed by atoms with Crippen LogP contribution in [0.4, 0.5) is 23.0 Å². The summed E-state index contributed by atoms with van der Waals surface area (Å²) in [5, 5.41) is 6.84. The Balaban J connectivity index is 1.74. The van der Waals surface area contributed by atoms with Crippen LogP contribution in [0.3, 0.4) is 0 Å². The van der Waals surface area contributed by atoms with Crippen LogP contribution in [0.2, 0.25) is 0 Å². The molecule has 9 heteroatoms. The number of carbonyl (C=O) groups excluding carboxylic acids is 1. The molecular weight excluding hydrogens is 466 g/mol. The SMILES string of the molecule is [2H]C([2H])([2H])n1cc(-c2ccnc(Nc3cc(NC(=O)C=C)c(N(C)CCN(C)C)cc3OC)n2)c2ccccc21. The summed E-state index contributed by atoms with van der Waals surface area (Å²) >= 11 is 0. The maximum absolute atomic E-state index is 12.3. The number of rotatable bonds is 10. The van der Waals surface area contributed by atoms with Gasteiger partial charge in [0.15, 0.2) is 0 Å². The number of aromatic nitrogens is 3. The number of aryl methyl sites for hydroxylation is 1. The van der Waals surface area contributed by atoms with Crippen molar-refractivity contribution in [3.63, 3.8) is 0 Å². The van der Waals surface area contributed by atoms with E-state index in [2.05, 4.69) is 32.1 Å². The largest absolute Gasteiger partial charge is 0.494 e. The van der Waals surface area contributed by atoms with E-state index in [1.54, 1.807) is 43.8 Å². The standard InChI is InChI=1S/C28H33N7O2/c1-7-27(36)30-22-16-23(26(37-6)17-25(22)34(4)15-14-33(2)3)32-28-29-13-12-21(31-28)20-18-35(5)24-11-9-8-10-19(20)24/h7-13,16-18H,1,14-15H2,2-6H3,(H,30,36)(H,29,31,32)/i5D3. The molecule has 9 nitrogen and oxygen atoms in total. The lowest BCUT2D eigenvalue weighted by atomic mass is 10.1. The molecule has 4 aromatic rings. The molecule has 0 saturated carbocycles. The summed E-state index contributed by atoms with van der Waals surface area (Å²) in [5.41, 5.74) is 3.67. The molecule has 192 valence electrons. The van der Waals surface area contributed by atoms with Gasteiger partial charge in [0.05, 0.1) is 29.9 Å². The zero-order chi connectivity index (χ0) is 29.0. The first-order chi connectivity index (χ1) is 19.0. The van der Waals surface area contributed by atoms with Crippen molar-refractivity contribution in [2.24, 2.45) is 6.98 Å². The summed E-state index contributed by atoms with van der Waals surface area (Å²) in [6.07, 6.45) is 4.40. The second kappa shape index (κ2) is 11.1. The maximum Gasteiger partial charge on any atom is 0.247 e. The number of para-hydroxylation sites is 1. The molecular formula is C28H33N7O2. The average molecular weight is 503 g/mol. The molecule has 0 aliphatic carbocycles. The topological polar surface area (TPSA) is 87.6 Å². The number of likely N-dealkylation sites (N-methyl/N-ethyl adjacent to an activating group) is 2. The minimum absolute atomic E-state index is 0.274. The summed E-state index contributed by atoms with van der Waals surface area (Å²) in [6.45, 7) is 2.75. The summed E-state index contributed by atoms with van der Waals surface area (Å²) in [7, 11) is 7.50. The molecule has 0 aliphatic rings. The minimum atomic E-state index is -2.34. The molecule has 0 saturated heterocycles. The van der Waals surface area contributed by atoms with Crippen molar-refractivity contribution >= 4 is 39.8 Å². The van der Waals surface area contributed by atoms with E-state index >= 15 is 0 Å². The van der Waals surface area contributed by atoms with Crippen molar-refractivity contribution in [2.45, 2.75) is 0 Å². The van der Waals surface area contributed by atoms with Crippen LogP contribution in [0.15, 0.2) is 67.5 Å². The highest BCUT2D eigenvalue weighted by atomic mass is 16.5. The summed E-state index contributed by atoms with van der Waals surface area (Å²) < 4.78 is 30.8. The van der Waals surface area contributed by atoms with Crippen molar-refractivity contribution in [3.05, 3.63) is 67.5 Å². The molecule has 0 fully saturated rings. The van der Waals surface area contributed by atoms with E-state index in [1.165, 1.54) is 10.6 Å². The van der Waals surface area contributed by atoms with Gasteiger partial charge in [0.25, 0.3) is 0 Å². The summed E-state index contributed by atoms with van der Waals surface area (Å²) in [4.78, 5) is 25.4. The van der Waals surface area contributed by atoms with Crippen LogP contribution in [0.1, 0.15) is 4.11 Å². The average Bonchev–Trinajstić information content (AvgIpc) is 3.32. The van der Waals surface area contributed by atoms with E-state index in [1.807, 2.05) is 44.2 Å². The van der Waals surface area contributed by atoms with E-state index in [9.17, 15) is 4.79 Å². The second-order valence-corrected chi connectivity index (χ2v) is 8.81. The number of nitrogens with zero attached hydrogens (tertiary/aromatic N) is 5. The molecule has 1 amide bonds. The molecule has 4 rings (SSSR count). The van der Waals surface area contributed by atoms with E-state index in [-0.39, 0.29) is 11.9 Å². The maximum atomic E-state index is 12.3. The van der Waals surface area contributed by atoms with Gasteiger partial charge in [0.2, 0.25) is 11.9 Å². The van der Waals surface area contributed by atoms with Gasteiger partial charge in [-0.05, 0) is 38.4 Å². The summed E-state index contributed by atoms with van der Waals surface area (Å²) in [5.74, 6) is 0.454. The molecule has 0 bridgehead atoms. The molecule has 2 N–H and O–H groups in total. The predicted octanol–water partition coefficient (Wildman–Crippen LogP) is 4.51. The molecule has 0 spiro atoms. The Bertz CT molecular complexity index is 1530. The number of hydrogen-bond donors (Lipinski definition) is 2. The molecule has 0 unspecified atom stereocenters. The number of carbonyl (C=O) groups is 1. The molecule has 2 aromatic carbocycles. The number of anilines is 4. The lowest BCUT2D eigenvalue weighted by Gasteiger charge is -2.26. The van der Waals surface area contributed by atoms with E-state index in [4.69, 9.17) is 8.85 Å². The first-order valence-corrected chi connectivity index (χ1v) is 11.7. The number of benzene rings is 2. The van der Waals surface area contributed by atoms with E-state index in [0.29, 0.717) is 33.9 Å². The minimum Gasteiger partial charge on any atom is -0.494 e. The van der Waals surface area contributed by atoms with Crippen molar-refractivity contribution in [1.82, 2.24) is 19.4 Å². The Morgan fingerprint density at radius 1 is 1.19 bits per heavy atom. The fraction of sp³-hybridized carbons (Fsp3) is 0.250. The Morgan fingerprint density at radius 3 is 2.73 bits per heavy atom. The van der Waals surface area contributed by atoms with Crippen LogP contribution in [0.5, 0.6) is 5.75 Å². The third-order valence-electron chi connectivity index (χ3n) is 5.94. The fourth-order valence-corrected chi connectivity index (χ4v) is 3.98. The third-order valence-corrected chi connectivity index (χ3v) is 5.94. The number of ether oxygens (including phenoxy) is 1. The van der Waals surface area contributed by atoms with Gasteiger partial charge in [0.1, 0.15) is 5.75 Å². The molecule has 0 aliphatic heterocycles. The van der Waals surface area contributed by atoms with Crippen LogP contribution in [0, 0.1) is 0 Å².